The van der Waals surface area contributed by atoms with E-state index in [4.69, 9.17) is 5.26 Å². The molecular weight excluding hydrogens is 124 g/mol. The average molecular weight is 140 g/mol. The molecule has 0 aromatic rings. The summed E-state index contributed by atoms with van der Waals surface area (Å²) >= 11 is 0. The van der Waals surface area contributed by atoms with Gasteiger partial charge in [0.1, 0.15) is 0 Å². The fourth-order valence-electron chi connectivity index (χ4n) is 0.955. The molecule has 0 atom stereocenters. The predicted molar refractivity (Wildman–Crippen MR) is 42.6 cm³/mol. The molecule has 0 radical (unpaired) electrons. The van der Waals surface area contributed by atoms with Crippen LogP contribution in [0.15, 0.2) is 0 Å². The van der Waals surface area contributed by atoms with Gasteiger partial charge >= 0.3 is 0 Å². The molecule has 0 aliphatic carbocycles. The highest BCUT2D eigenvalue weighted by atomic mass is 15.1. The lowest BCUT2D eigenvalue weighted by atomic mass is 10.2. The molecule has 0 heterocycles. The molecule has 0 spiro atoms. The Morgan fingerprint density at radius 1 is 1.50 bits per heavy atom. The van der Waals surface area contributed by atoms with Crippen LogP contribution < -0.4 is 0 Å². The normalized spacial score (nSPS) is 10.4. The number of rotatable bonds is 4. The van der Waals surface area contributed by atoms with E-state index in [1.165, 1.54) is 0 Å². The summed E-state index contributed by atoms with van der Waals surface area (Å²) in [6.07, 6.45) is 0.642. The Bertz CT molecular complexity index is 113. The van der Waals surface area contributed by atoms with Crippen molar-refractivity contribution >= 4 is 0 Å². The molecule has 0 unspecified atom stereocenters. The van der Waals surface area contributed by atoms with Gasteiger partial charge in [-0.1, -0.05) is 13.8 Å². The maximum atomic E-state index is 8.27. The minimum atomic E-state index is 0.642. The van der Waals surface area contributed by atoms with Crippen LogP contribution in [0.5, 0.6) is 0 Å². The van der Waals surface area contributed by atoms with Gasteiger partial charge in [-0.2, -0.15) is 5.26 Å². The number of hydrogen-bond donors (Lipinski definition) is 0. The first-order chi connectivity index (χ1) is 4.66. The molecule has 0 amide bonds. The molecule has 0 bridgehead atoms. The van der Waals surface area contributed by atoms with Crippen molar-refractivity contribution in [2.24, 2.45) is 5.92 Å². The zero-order valence-electron chi connectivity index (χ0n) is 7.09. The van der Waals surface area contributed by atoms with Gasteiger partial charge in [-0.05, 0) is 13.0 Å². The van der Waals surface area contributed by atoms with E-state index in [0.717, 1.165) is 13.1 Å². The summed E-state index contributed by atoms with van der Waals surface area (Å²) < 4.78 is 0. The van der Waals surface area contributed by atoms with E-state index in [-0.39, 0.29) is 0 Å². The summed E-state index contributed by atoms with van der Waals surface area (Å²) in [6.45, 7) is 6.35. The van der Waals surface area contributed by atoms with E-state index in [1.807, 2.05) is 0 Å². The quantitative estimate of drug-likeness (QED) is 0.591. The lowest BCUT2D eigenvalue weighted by Gasteiger charge is -2.16. The molecule has 0 aliphatic heterocycles. The first-order valence-corrected chi connectivity index (χ1v) is 3.72. The lowest BCUT2D eigenvalue weighted by Crippen LogP contribution is -2.23. The van der Waals surface area contributed by atoms with E-state index >= 15 is 0 Å². The molecule has 0 N–H and O–H groups in total. The van der Waals surface area contributed by atoms with Crippen molar-refractivity contribution in [3.63, 3.8) is 0 Å². The third kappa shape index (κ3) is 5.58. The van der Waals surface area contributed by atoms with Crippen molar-refractivity contribution in [2.45, 2.75) is 20.3 Å². The van der Waals surface area contributed by atoms with Crippen molar-refractivity contribution in [1.82, 2.24) is 4.90 Å². The third-order valence-electron chi connectivity index (χ3n) is 1.28. The van der Waals surface area contributed by atoms with Crippen LogP contribution in [0.3, 0.4) is 0 Å². The highest BCUT2D eigenvalue weighted by Crippen LogP contribution is 1.95. The van der Waals surface area contributed by atoms with E-state index in [2.05, 4.69) is 31.9 Å². The van der Waals surface area contributed by atoms with Crippen LogP contribution in [0, 0.1) is 17.2 Å². The molecule has 0 rings (SSSR count). The Labute approximate surface area is 63.4 Å². The number of hydrogen-bond acceptors (Lipinski definition) is 2. The molecule has 58 valence electrons. The second-order valence-corrected chi connectivity index (χ2v) is 3.06. The molecule has 0 aliphatic rings. The number of nitrogens with zero attached hydrogens (tertiary/aromatic N) is 2. The van der Waals surface area contributed by atoms with Crippen molar-refractivity contribution in [2.75, 3.05) is 20.1 Å². The highest BCUT2D eigenvalue weighted by Gasteiger charge is 1.99. The zero-order chi connectivity index (χ0) is 7.98. The molecule has 10 heavy (non-hydrogen) atoms. The molecule has 2 nitrogen and oxygen atoms in total. The minimum absolute atomic E-state index is 0.642. The van der Waals surface area contributed by atoms with Crippen molar-refractivity contribution < 1.29 is 0 Å². The van der Waals surface area contributed by atoms with Crippen molar-refractivity contribution in [3.8, 4) is 6.07 Å². The van der Waals surface area contributed by atoms with Crippen LogP contribution in [-0.4, -0.2) is 25.0 Å². The Morgan fingerprint density at radius 2 is 2.10 bits per heavy atom. The van der Waals surface area contributed by atoms with Crippen LogP contribution in [-0.2, 0) is 0 Å². The lowest BCUT2D eigenvalue weighted by molar-refractivity contribution is 0.302. The van der Waals surface area contributed by atoms with Gasteiger partial charge in [0, 0.05) is 19.5 Å². The van der Waals surface area contributed by atoms with Crippen molar-refractivity contribution in [3.05, 3.63) is 0 Å². The fraction of sp³-hybridized carbons (Fsp3) is 0.875. The molecular formula is C8H16N2. The van der Waals surface area contributed by atoms with Gasteiger partial charge in [-0.25, -0.2) is 0 Å². The topological polar surface area (TPSA) is 27.0 Å². The number of nitriles is 1. The largest absolute Gasteiger partial charge is 0.305 e. The summed E-state index contributed by atoms with van der Waals surface area (Å²) in [7, 11) is 2.05. The Balaban J connectivity index is 3.27. The first-order valence-electron chi connectivity index (χ1n) is 3.72. The maximum Gasteiger partial charge on any atom is 0.0635 e. The molecule has 2 heteroatoms. The molecule has 0 fully saturated rings. The second kappa shape index (κ2) is 5.25. The zero-order valence-corrected chi connectivity index (χ0v) is 7.09. The minimum Gasteiger partial charge on any atom is -0.305 e. The van der Waals surface area contributed by atoms with Crippen LogP contribution in [0.2, 0.25) is 0 Å². The van der Waals surface area contributed by atoms with Gasteiger partial charge < -0.3 is 4.90 Å². The summed E-state index contributed by atoms with van der Waals surface area (Å²) in [6, 6.07) is 2.13. The van der Waals surface area contributed by atoms with Gasteiger partial charge in [-0.3, -0.25) is 0 Å². The van der Waals surface area contributed by atoms with Crippen LogP contribution in [0.1, 0.15) is 20.3 Å². The van der Waals surface area contributed by atoms with E-state index in [9.17, 15) is 0 Å². The van der Waals surface area contributed by atoms with Gasteiger partial charge in [0.25, 0.3) is 0 Å². The van der Waals surface area contributed by atoms with Gasteiger partial charge in [-0.15, -0.1) is 0 Å². The Kier molecular flexibility index (Phi) is 4.96. The monoisotopic (exact) mass is 140 g/mol. The van der Waals surface area contributed by atoms with Crippen LogP contribution in [0.25, 0.3) is 0 Å². The van der Waals surface area contributed by atoms with Crippen molar-refractivity contribution in [1.29, 1.82) is 5.26 Å². The van der Waals surface area contributed by atoms with Crippen LogP contribution >= 0.6 is 0 Å². The molecule has 0 aromatic carbocycles. The van der Waals surface area contributed by atoms with Gasteiger partial charge in [0.15, 0.2) is 0 Å². The Hall–Kier alpha value is -0.550. The summed E-state index contributed by atoms with van der Waals surface area (Å²) in [5.41, 5.74) is 0. The van der Waals surface area contributed by atoms with E-state index < -0.39 is 0 Å². The average Bonchev–Trinajstić information content (AvgIpc) is 1.82. The van der Waals surface area contributed by atoms with E-state index in [0.29, 0.717) is 12.3 Å². The SMILES string of the molecule is CC(C)CN(C)CCC#N. The summed E-state index contributed by atoms with van der Waals surface area (Å²) in [5.74, 6) is 0.698. The maximum absolute atomic E-state index is 8.27. The standard InChI is InChI=1S/C8H16N2/c1-8(2)7-10(3)6-4-5-9/h8H,4,6-7H2,1-3H3. The molecule has 0 saturated heterocycles. The first kappa shape index (κ1) is 9.45. The second-order valence-electron chi connectivity index (χ2n) is 3.06. The highest BCUT2D eigenvalue weighted by molar-refractivity contribution is 4.71. The van der Waals surface area contributed by atoms with E-state index in [1.54, 1.807) is 0 Å². The van der Waals surface area contributed by atoms with Crippen LogP contribution in [0.4, 0.5) is 0 Å². The van der Waals surface area contributed by atoms with Gasteiger partial charge in [0.05, 0.1) is 6.07 Å². The van der Waals surface area contributed by atoms with Gasteiger partial charge in [0.2, 0.25) is 0 Å². The molecule has 0 saturated carbocycles. The Morgan fingerprint density at radius 3 is 2.50 bits per heavy atom. The molecule has 0 aromatic heterocycles. The predicted octanol–water partition coefficient (Wildman–Crippen LogP) is 1.49. The summed E-state index contributed by atoms with van der Waals surface area (Å²) in [4.78, 5) is 2.19. The smallest absolute Gasteiger partial charge is 0.0635 e. The summed E-state index contributed by atoms with van der Waals surface area (Å²) in [5, 5.41) is 8.27. The third-order valence-corrected chi connectivity index (χ3v) is 1.28. The fourth-order valence-corrected chi connectivity index (χ4v) is 0.955.